The van der Waals surface area contributed by atoms with E-state index in [1.54, 1.807) is 18.3 Å². The van der Waals surface area contributed by atoms with E-state index in [1.165, 1.54) is 0 Å². The number of benzene rings is 1. The van der Waals surface area contributed by atoms with Crippen LogP contribution < -0.4 is 15.5 Å². The number of hydrogen-bond acceptors (Lipinski definition) is 5. The first-order valence-corrected chi connectivity index (χ1v) is 10.9. The fourth-order valence-electron chi connectivity index (χ4n) is 3.99. The summed E-state index contributed by atoms with van der Waals surface area (Å²) in [5.41, 5.74) is 1.90. The first-order chi connectivity index (χ1) is 15.2. The molecule has 2 N–H and O–H groups in total. The van der Waals surface area contributed by atoms with Crippen molar-refractivity contribution in [2.45, 2.75) is 32.1 Å². The van der Waals surface area contributed by atoms with Gasteiger partial charge in [0.1, 0.15) is 5.82 Å². The van der Waals surface area contributed by atoms with Crippen molar-refractivity contribution >= 4 is 29.2 Å². The lowest BCUT2D eigenvalue weighted by Crippen LogP contribution is -2.36. The van der Waals surface area contributed by atoms with Crippen LogP contribution in [0.25, 0.3) is 0 Å². The number of ether oxygens (including phenoxy) is 1. The van der Waals surface area contributed by atoms with Crippen LogP contribution in [0, 0.1) is 5.92 Å². The van der Waals surface area contributed by atoms with Crippen LogP contribution in [-0.2, 0) is 9.53 Å². The van der Waals surface area contributed by atoms with Crippen molar-refractivity contribution in [3.8, 4) is 0 Å². The Kier molecular flexibility index (Phi) is 6.82. The molecule has 1 aromatic heterocycles. The van der Waals surface area contributed by atoms with Crippen LogP contribution in [0.4, 0.5) is 22.0 Å². The van der Waals surface area contributed by atoms with Gasteiger partial charge in [-0.15, -0.1) is 0 Å². The third kappa shape index (κ3) is 5.63. The molecular formula is C24H28N4O3. The third-order valence-corrected chi connectivity index (χ3v) is 5.78. The van der Waals surface area contributed by atoms with Crippen molar-refractivity contribution in [3.05, 3.63) is 60.3 Å². The molecule has 1 saturated heterocycles. The molecule has 0 unspecified atom stereocenters. The van der Waals surface area contributed by atoms with Crippen molar-refractivity contribution < 1.29 is 14.3 Å². The summed E-state index contributed by atoms with van der Waals surface area (Å²) in [4.78, 5) is 31.4. The van der Waals surface area contributed by atoms with E-state index in [0.29, 0.717) is 23.9 Å². The Hall–Kier alpha value is -3.35. The second-order valence-corrected chi connectivity index (χ2v) is 7.96. The number of aromatic nitrogens is 1. The summed E-state index contributed by atoms with van der Waals surface area (Å²) < 4.78 is 5.48. The van der Waals surface area contributed by atoms with E-state index >= 15 is 0 Å². The van der Waals surface area contributed by atoms with E-state index in [4.69, 9.17) is 4.74 Å². The molecule has 0 radical (unpaired) electrons. The maximum absolute atomic E-state index is 12.4. The van der Waals surface area contributed by atoms with Gasteiger partial charge in [0, 0.05) is 24.9 Å². The van der Waals surface area contributed by atoms with Crippen LogP contribution in [0.5, 0.6) is 0 Å². The highest BCUT2D eigenvalue weighted by molar-refractivity contribution is 6.06. The van der Waals surface area contributed by atoms with E-state index in [1.807, 2.05) is 36.4 Å². The molecule has 0 spiro atoms. The lowest BCUT2D eigenvalue weighted by molar-refractivity contribution is -0.112. The molecule has 1 fully saturated rings. The number of nitrogens with zero attached hydrogens (tertiary/aromatic N) is 2. The molecule has 0 atom stereocenters. The van der Waals surface area contributed by atoms with E-state index in [2.05, 4.69) is 20.5 Å². The number of nitrogens with one attached hydrogen (secondary N) is 2. The number of rotatable bonds is 6. The van der Waals surface area contributed by atoms with Crippen LogP contribution >= 0.6 is 0 Å². The first kappa shape index (κ1) is 20.9. The summed E-state index contributed by atoms with van der Waals surface area (Å²) >= 11 is 0. The van der Waals surface area contributed by atoms with Gasteiger partial charge in [-0.05, 0) is 62.3 Å². The number of para-hydroxylation sites is 2. The van der Waals surface area contributed by atoms with E-state index in [-0.39, 0.29) is 5.91 Å². The molecule has 2 aliphatic rings. The lowest BCUT2D eigenvalue weighted by Gasteiger charge is -2.32. The number of anilines is 3. The van der Waals surface area contributed by atoms with Gasteiger partial charge in [-0.1, -0.05) is 24.3 Å². The molecule has 2 amide bonds. The van der Waals surface area contributed by atoms with Gasteiger partial charge in [0.2, 0.25) is 0 Å². The quantitative estimate of drug-likeness (QED) is 0.714. The summed E-state index contributed by atoms with van der Waals surface area (Å²) in [7, 11) is 0. The molecular weight excluding hydrogens is 392 g/mol. The summed E-state index contributed by atoms with van der Waals surface area (Å²) in [5.74, 6) is 1.21. The van der Waals surface area contributed by atoms with E-state index in [0.717, 1.165) is 56.6 Å². The highest BCUT2D eigenvalue weighted by Gasteiger charge is 2.22. The molecule has 0 saturated carbocycles. The predicted molar refractivity (Wildman–Crippen MR) is 121 cm³/mol. The number of carbonyl (C=O) groups is 2. The van der Waals surface area contributed by atoms with Crippen molar-refractivity contribution in [2.24, 2.45) is 5.92 Å². The molecule has 4 rings (SSSR count). The van der Waals surface area contributed by atoms with Gasteiger partial charge in [-0.25, -0.2) is 9.78 Å². The molecule has 0 bridgehead atoms. The zero-order chi connectivity index (χ0) is 21.5. The molecule has 2 heterocycles. The zero-order valence-corrected chi connectivity index (χ0v) is 17.5. The van der Waals surface area contributed by atoms with Crippen LogP contribution in [-0.4, -0.2) is 36.7 Å². The van der Waals surface area contributed by atoms with Gasteiger partial charge in [-0.2, -0.15) is 0 Å². The Morgan fingerprint density at radius 3 is 2.45 bits per heavy atom. The second kappa shape index (κ2) is 10.1. The van der Waals surface area contributed by atoms with Gasteiger partial charge in [0.05, 0.1) is 18.0 Å². The standard InChI is InChI=1S/C24H28N4O3/c29-23(19-7-1-2-8-19)26-20-9-3-4-10-21(20)27-24(30)31-17-18-12-15-28(16-13-18)22-11-5-6-14-25-22/h3-7,9-11,14,18H,1-2,8,12-13,15-17H2,(H,26,29)(H,27,30). The number of amides is 2. The Balaban J connectivity index is 1.25. The van der Waals surface area contributed by atoms with Gasteiger partial charge in [0.25, 0.3) is 5.91 Å². The van der Waals surface area contributed by atoms with Gasteiger partial charge < -0.3 is 15.0 Å². The van der Waals surface area contributed by atoms with E-state index in [9.17, 15) is 9.59 Å². The summed E-state index contributed by atoms with van der Waals surface area (Å²) in [6.45, 7) is 2.18. The smallest absolute Gasteiger partial charge is 0.411 e. The highest BCUT2D eigenvalue weighted by Crippen LogP contribution is 2.25. The number of carbonyl (C=O) groups excluding carboxylic acids is 2. The second-order valence-electron chi connectivity index (χ2n) is 7.96. The minimum absolute atomic E-state index is 0.111. The minimum Gasteiger partial charge on any atom is -0.449 e. The van der Waals surface area contributed by atoms with Crippen LogP contribution in [0.1, 0.15) is 32.1 Å². The Labute approximate surface area is 182 Å². The van der Waals surface area contributed by atoms with Crippen LogP contribution in [0.15, 0.2) is 60.3 Å². The first-order valence-electron chi connectivity index (χ1n) is 10.9. The average molecular weight is 421 g/mol. The fourth-order valence-corrected chi connectivity index (χ4v) is 3.99. The summed E-state index contributed by atoms with van der Waals surface area (Å²) in [6, 6.07) is 13.1. The summed E-state index contributed by atoms with van der Waals surface area (Å²) in [6.07, 6.45) is 7.92. The normalized spacial score (nSPS) is 16.5. The monoisotopic (exact) mass is 420 g/mol. The van der Waals surface area contributed by atoms with Crippen molar-refractivity contribution in [1.29, 1.82) is 0 Å². The molecule has 2 aromatic rings. The molecule has 1 aliphatic carbocycles. The minimum atomic E-state index is -0.506. The maximum Gasteiger partial charge on any atom is 0.411 e. The van der Waals surface area contributed by atoms with Crippen LogP contribution in [0.3, 0.4) is 0 Å². The number of allylic oxidation sites excluding steroid dienone is 1. The molecule has 1 aliphatic heterocycles. The number of hydrogen-bond donors (Lipinski definition) is 2. The van der Waals surface area contributed by atoms with Crippen molar-refractivity contribution in [1.82, 2.24) is 4.98 Å². The average Bonchev–Trinajstić information content (AvgIpc) is 3.35. The van der Waals surface area contributed by atoms with Crippen molar-refractivity contribution in [3.63, 3.8) is 0 Å². The SMILES string of the molecule is O=C(Nc1ccccc1NC(=O)C1=CCCC1)OCC1CCN(c2ccccn2)CC1. The zero-order valence-electron chi connectivity index (χ0n) is 17.5. The summed E-state index contributed by atoms with van der Waals surface area (Å²) in [5, 5.41) is 5.66. The van der Waals surface area contributed by atoms with Gasteiger partial charge in [-0.3, -0.25) is 10.1 Å². The molecule has 7 heteroatoms. The van der Waals surface area contributed by atoms with Crippen molar-refractivity contribution in [2.75, 3.05) is 35.2 Å². The number of piperidine rings is 1. The fraction of sp³-hybridized carbons (Fsp3) is 0.375. The lowest BCUT2D eigenvalue weighted by atomic mass is 9.98. The Morgan fingerprint density at radius 2 is 1.77 bits per heavy atom. The van der Waals surface area contributed by atoms with Gasteiger partial charge in [0.15, 0.2) is 0 Å². The van der Waals surface area contributed by atoms with Crippen LogP contribution in [0.2, 0.25) is 0 Å². The Morgan fingerprint density at radius 1 is 1.03 bits per heavy atom. The predicted octanol–water partition coefficient (Wildman–Crippen LogP) is 4.60. The molecule has 1 aromatic carbocycles. The van der Waals surface area contributed by atoms with E-state index < -0.39 is 6.09 Å². The number of pyridine rings is 1. The molecule has 162 valence electrons. The molecule has 7 nitrogen and oxygen atoms in total. The Bertz CT molecular complexity index is 937. The molecule has 31 heavy (non-hydrogen) atoms. The topological polar surface area (TPSA) is 83.6 Å². The highest BCUT2D eigenvalue weighted by atomic mass is 16.5. The third-order valence-electron chi connectivity index (χ3n) is 5.78. The largest absolute Gasteiger partial charge is 0.449 e. The maximum atomic E-state index is 12.4. The van der Waals surface area contributed by atoms with Gasteiger partial charge >= 0.3 is 6.09 Å².